The number of carbonyl (C=O) groups is 2. The van der Waals surface area contributed by atoms with Crippen molar-refractivity contribution in [3.05, 3.63) is 28.3 Å². The molecule has 25 heavy (non-hydrogen) atoms. The summed E-state index contributed by atoms with van der Waals surface area (Å²) in [5.74, 6) is -1.38. The first-order valence-electron chi connectivity index (χ1n) is 7.11. The summed E-state index contributed by atoms with van der Waals surface area (Å²) in [6.45, 7) is 1.20. The average Bonchev–Trinajstić information content (AvgIpc) is 2.50. The largest absolute Gasteiger partial charge is 0.494 e. The number of nitro groups is 1. The van der Waals surface area contributed by atoms with Gasteiger partial charge in [-0.15, -0.1) is 0 Å². The van der Waals surface area contributed by atoms with Crippen molar-refractivity contribution in [3.8, 4) is 5.75 Å². The minimum atomic E-state index is -3.32. The number of benzene rings is 1. The van der Waals surface area contributed by atoms with E-state index in [1.807, 2.05) is 0 Å². The Bertz CT molecular complexity index is 777. The van der Waals surface area contributed by atoms with Gasteiger partial charge < -0.3 is 15.4 Å². The number of amides is 2. The van der Waals surface area contributed by atoms with Crippen LogP contribution in [0.4, 0.5) is 11.4 Å². The Kier molecular flexibility index (Phi) is 6.86. The second-order valence-corrected chi connectivity index (χ2v) is 7.56. The molecule has 0 aliphatic carbocycles. The lowest BCUT2D eigenvalue weighted by molar-refractivity contribution is -0.384. The smallest absolute Gasteiger partial charge is 0.273 e. The van der Waals surface area contributed by atoms with Gasteiger partial charge >= 0.3 is 0 Å². The number of non-ortho nitro benzene ring substituents is 1. The highest BCUT2D eigenvalue weighted by Crippen LogP contribution is 2.29. The molecule has 0 saturated heterocycles. The van der Waals surface area contributed by atoms with Crippen molar-refractivity contribution in [1.82, 2.24) is 5.32 Å². The molecule has 11 heteroatoms. The van der Waals surface area contributed by atoms with Gasteiger partial charge in [0.25, 0.3) is 5.69 Å². The molecule has 0 heterocycles. The molecule has 0 radical (unpaired) electrons. The van der Waals surface area contributed by atoms with E-state index in [1.165, 1.54) is 26.2 Å². The quantitative estimate of drug-likeness (QED) is 0.498. The fourth-order valence-corrected chi connectivity index (χ4v) is 2.63. The summed E-state index contributed by atoms with van der Waals surface area (Å²) >= 11 is 0. The number of sulfone groups is 1. The molecule has 0 spiro atoms. The highest BCUT2D eigenvalue weighted by molar-refractivity contribution is 7.90. The van der Waals surface area contributed by atoms with Gasteiger partial charge in [-0.2, -0.15) is 0 Å². The van der Waals surface area contributed by atoms with E-state index in [0.717, 1.165) is 12.3 Å². The van der Waals surface area contributed by atoms with Crippen molar-refractivity contribution >= 4 is 33.0 Å². The summed E-state index contributed by atoms with van der Waals surface area (Å²) in [5, 5.41) is 15.6. The Balaban J connectivity index is 2.98. The Labute approximate surface area is 144 Å². The minimum Gasteiger partial charge on any atom is -0.494 e. The molecule has 10 nitrogen and oxygen atoms in total. The number of anilines is 1. The number of nitrogens with one attached hydrogen (secondary N) is 2. The van der Waals surface area contributed by atoms with Gasteiger partial charge in [0.05, 0.1) is 29.5 Å². The molecule has 1 aromatic carbocycles. The predicted octanol–water partition coefficient (Wildman–Crippen LogP) is 0.481. The Morgan fingerprint density at radius 1 is 1.36 bits per heavy atom. The summed E-state index contributed by atoms with van der Waals surface area (Å²) in [4.78, 5) is 33.7. The molecule has 0 aromatic heterocycles. The molecule has 1 rings (SSSR count). The molecule has 0 bridgehead atoms. The molecule has 0 aliphatic heterocycles. The second kappa shape index (κ2) is 8.42. The monoisotopic (exact) mass is 373 g/mol. The first-order valence-corrected chi connectivity index (χ1v) is 9.17. The molecule has 2 N–H and O–H groups in total. The van der Waals surface area contributed by atoms with E-state index in [4.69, 9.17) is 4.74 Å². The van der Waals surface area contributed by atoms with E-state index in [0.29, 0.717) is 0 Å². The van der Waals surface area contributed by atoms with Crippen LogP contribution in [0, 0.1) is 10.1 Å². The van der Waals surface area contributed by atoms with Crippen molar-refractivity contribution in [1.29, 1.82) is 0 Å². The molecular formula is C14H19N3O7S. The summed E-state index contributed by atoms with van der Waals surface area (Å²) < 4.78 is 27.6. The van der Waals surface area contributed by atoms with Crippen LogP contribution in [0.3, 0.4) is 0 Å². The number of carbonyl (C=O) groups excluding carboxylic acids is 2. The first-order chi connectivity index (χ1) is 11.5. The van der Waals surface area contributed by atoms with Crippen LogP contribution in [-0.2, 0) is 19.4 Å². The third-order valence-electron chi connectivity index (χ3n) is 3.13. The third-order valence-corrected chi connectivity index (χ3v) is 4.10. The van der Waals surface area contributed by atoms with Crippen LogP contribution < -0.4 is 15.4 Å². The zero-order chi connectivity index (χ0) is 19.2. The van der Waals surface area contributed by atoms with Gasteiger partial charge in [-0.3, -0.25) is 19.7 Å². The fraction of sp³-hybridized carbons (Fsp3) is 0.429. The van der Waals surface area contributed by atoms with E-state index in [-0.39, 0.29) is 29.3 Å². The van der Waals surface area contributed by atoms with Gasteiger partial charge in [0, 0.05) is 19.2 Å². The van der Waals surface area contributed by atoms with Gasteiger partial charge in [-0.1, -0.05) is 0 Å². The van der Waals surface area contributed by atoms with Gasteiger partial charge in [-0.05, 0) is 12.5 Å². The second-order valence-electron chi connectivity index (χ2n) is 5.30. The van der Waals surface area contributed by atoms with Crippen molar-refractivity contribution in [2.75, 3.05) is 24.4 Å². The summed E-state index contributed by atoms with van der Waals surface area (Å²) in [5.41, 5.74) is -0.0573. The number of nitro benzene ring substituents is 1. The fourth-order valence-electron chi connectivity index (χ4n) is 1.96. The molecule has 2 amide bonds. The van der Waals surface area contributed by atoms with Crippen molar-refractivity contribution in [2.24, 2.45) is 0 Å². The van der Waals surface area contributed by atoms with Crippen molar-refractivity contribution in [2.45, 2.75) is 19.4 Å². The number of ether oxygens (including phenoxy) is 1. The normalized spacial score (nSPS) is 12.1. The summed E-state index contributed by atoms with van der Waals surface area (Å²) in [7, 11) is -2.04. The maximum atomic E-state index is 12.3. The van der Waals surface area contributed by atoms with E-state index in [1.54, 1.807) is 0 Å². The van der Waals surface area contributed by atoms with Gasteiger partial charge in [0.2, 0.25) is 11.8 Å². The van der Waals surface area contributed by atoms with Crippen LogP contribution in [0.2, 0.25) is 0 Å². The molecule has 0 fully saturated rings. The van der Waals surface area contributed by atoms with Gasteiger partial charge in [-0.25, -0.2) is 8.42 Å². The molecule has 138 valence electrons. The lowest BCUT2D eigenvalue weighted by Crippen LogP contribution is -2.44. The topological polar surface area (TPSA) is 145 Å². The first kappa shape index (κ1) is 20.4. The lowest BCUT2D eigenvalue weighted by atomic mass is 10.2. The van der Waals surface area contributed by atoms with Gasteiger partial charge in [0.15, 0.2) is 0 Å². The van der Waals surface area contributed by atoms with E-state index in [2.05, 4.69) is 10.6 Å². The highest BCUT2D eigenvalue weighted by atomic mass is 32.2. The number of rotatable bonds is 8. The lowest BCUT2D eigenvalue weighted by Gasteiger charge is -2.18. The average molecular weight is 373 g/mol. The zero-order valence-electron chi connectivity index (χ0n) is 13.9. The van der Waals surface area contributed by atoms with E-state index in [9.17, 15) is 28.1 Å². The molecule has 0 aliphatic rings. The zero-order valence-corrected chi connectivity index (χ0v) is 14.8. The Morgan fingerprint density at radius 3 is 2.48 bits per heavy atom. The van der Waals surface area contributed by atoms with Crippen molar-refractivity contribution in [3.63, 3.8) is 0 Å². The van der Waals surface area contributed by atoms with Crippen LogP contribution in [0.15, 0.2) is 18.2 Å². The SMILES string of the molecule is COc1cc([N+](=O)[O-])ccc1NC(=O)C(CCS(C)(=O)=O)NC(C)=O. The van der Waals surface area contributed by atoms with Crippen molar-refractivity contribution < 1.29 is 27.7 Å². The minimum absolute atomic E-state index is 0.0623. The van der Waals surface area contributed by atoms with Crippen LogP contribution in [0.25, 0.3) is 0 Å². The van der Waals surface area contributed by atoms with Crippen LogP contribution >= 0.6 is 0 Å². The number of nitrogens with zero attached hydrogens (tertiary/aromatic N) is 1. The molecule has 1 aromatic rings. The number of hydrogen-bond donors (Lipinski definition) is 2. The number of methoxy groups -OCH3 is 1. The number of hydrogen-bond acceptors (Lipinski definition) is 7. The van der Waals surface area contributed by atoms with Crippen LogP contribution in [-0.4, -0.2) is 50.3 Å². The third kappa shape index (κ3) is 6.75. The Morgan fingerprint density at radius 2 is 2.00 bits per heavy atom. The molecule has 0 saturated carbocycles. The standard InChI is InChI=1S/C14H19N3O7S/c1-9(18)15-12(6-7-25(3,22)23)14(19)16-11-5-4-10(17(20)21)8-13(11)24-2/h4-5,8,12H,6-7H2,1-3H3,(H,15,18)(H,16,19). The van der Waals surface area contributed by atoms with Gasteiger partial charge in [0.1, 0.15) is 21.6 Å². The Hall–Kier alpha value is -2.69. The van der Waals surface area contributed by atoms with E-state index < -0.39 is 32.6 Å². The van der Waals surface area contributed by atoms with E-state index >= 15 is 0 Å². The summed E-state index contributed by atoms with van der Waals surface area (Å²) in [6, 6.07) is 2.53. The summed E-state index contributed by atoms with van der Waals surface area (Å²) in [6.07, 6.45) is 0.911. The maximum absolute atomic E-state index is 12.3. The van der Waals surface area contributed by atoms with Crippen LogP contribution in [0.5, 0.6) is 5.75 Å². The molecule has 1 atom stereocenters. The highest BCUT2D eigenvalue weighted by Gasteiger charge is 2.23. The van der Waals surface area contributed by atoms with Crippen LogP contribution in [0.1, 0.15) is 13.3 Å². The maximum Gasteiger partial charge on any atom is 0.273 e. The molecular weight excluding hydrogens is 354 g/mol. The molecule has 1 unspecified atom stereocenters. The predicted molar refractivity (Wildman–Crippen MR) is 90.2 cm³/mol.